The van der Waals surface area contributed by atoms with Crippen molar-refractivity contribution < 1.29 is 4.79 Å². The number of hydrazine groups is 1. The lowest BCUT2D eigenvalue weighted by Crippen LogP contribution is -2.51. The Bertz CT molecular complexity index is 1140. The molecule has 8 nitrogen and oxygen atoms in total. The molecule has 0 aliphatic carbocycles. The van der Waals surface area contributed by atoms with Crippen LogP contribution in [0.25, 0.3) is 4.96 Å². The van der Waals surface area contributed by atoms with Gasteiger partial charge in [0.25, 0.3) is 5.56 Å². The number of rotatable bonds is 4. The molecule has 0 spiro atoms. The maximum Gasteiger partial charge on any atom is 0.258 e. The Morgan fingerprint density at radius 1 is 1.19 bits per heavy atom. The van der Waals surface area contributed by atoms with E-state index in [2.05, 4.69) is 20.7 Å². The zero-order chi connectivity index (χ0) is 21.4. The zero-order valence-corrected chi connectivity index (χ0v) is 18.4. The number of hydrogen-bond donors (Lipinski definition) is 2. The highest BCUT2D eigenvalue weighted by atomic mass is 35.5. The van der Waals surface area contributed by atoms with Gasteiger partial charge in [0.1, 0.15) is 0 Å². The molecule has 5 rings (SSSR count). The minimum atomic E-state index is -0.157. The molecule has 0 bridgehead atoms. The van der Waals surface area contributed by atoms with Crippen molar-refractivity contribution in [3.63, 3.8) is 0 Å². The second-order valence-corrected chi connectivity index (χ2v) is 9.21. The van der Waals surface area contributed by atoms with Crippen LogP contribution in [0.4, 0.5) is 0 Å². The third kappa shape index (κ3) is 4.24. The van der Waals surface area contributed by atoms with Crippen LogP contribution in [-0.4, -0.2) is 57.8 Å². The first-order valence-corrected chi connectivity index (χ1v) is 11.5. The van der Waals surface area contributed by atoms with Crippen molar-refractivity contribution in [1.29, 1.82) is 0 Å². The highest BCUT2D eigenvalue weighted by Gasteiger charge is 2.37. The monoisotopic (exact) mass is 458 g/mol. The van der Waals surface area contributed by atoms with Crippen molar-refractivity contribution in [1.82, 2.24) is 30.0 Å². The number of piperazine rings is 1. The van der Waals surface area contributed by atoms with Crippen molar-refractivity contribution in [3.05, 3.63) is 68.5 Å². The van der Waals surface area contributed by atoms with E-state index in [0.717, 1.165) is 24.3 Å². The Labute approximate surface area is 188 Å². The van der Waals surface area contributed by atoms with Gasteiger partial charge in [-0.25, -0.2) is 10.4 Å². The van der Waals surface area contributed by atoms with E-state index in [4.69, 9.17) is 11.6 Å². The van der Waals surface area contributed by atoms with E-state index in [0.29, 0.717) is 36.2 Å². The van der Waals surface area contributed by atoms with Gasteiger partial charge in [-0.3, -0.25) is 24.3 Å². The Balaban J connectivity index is 1.21. The van der Waals surface area contributed by atoms with Crippen LogP contribution >= 0.6 is 22.9 Å². The van der Waals surface area contributed by atoms with Gasteiger partial charge in [-0.1, -0.05) is 23.7 Å². The summed E-state index contributed by atoms with van der Waals surface area (Å²) in [6.07, 6.45) is 1.74. The van der Waals surface area contributed by atoms with Crippen molar-refractivity contribution in [3.8, 4) is 0 Å². The molecule has 162 valence electrons. The van der Waals surface area contributed by atoms with Crippen LogP contribution in [0.2, 0.25) is 5.02 Å². The lowest BCUT2D eigenvalue weighted by atomic mass is 9.93. The topological polar surface area (TPSA) is 82.0 Å². The van der Waals surface area contributed by atoms with E-state index in [1.165, 1.54) is 11.3 Å². The molecule has 2 atom stereocenters. The number of nitrogens with one attached hydrogen (secondary N) is 2. The Kier molecular flexibility index (Phi) is 5.77. The summed E-state index contributed by atoms with van der Waals surface area (Å²) >= 11 is 7.46. The Morgan fingerprint density at radius 2 is 1.97 bits per heavy atom. The van der Waals surface area contributed by atoms with E-state index in [1.54, 1.807) is 16.7 Å². The molecule has 4 heterocycles. The minimum Gasteiger partial charge on any atom is -0.340 e. The molecule has 2 aliphatic rings. The molecule has 2 saturated heterocycles. The van der Waals surface area contributed by atoms with Crippen LogP contribution in [0.15, 0.2) is 46.7 Å². The number of thiazole rings is 1. The molecule has 2 aliphatic heterocycles. The van der Waals surface area contributed by atoms with Crippen molar-refractivity contribution in [2.75, 3.05) is 32.7 Å². The molecular formula is C21H23ClN6O2S. The molecule has 2 N–H and O–H groups in total. The smallest absolute Gasteiger partial charge is 0.258 e. The molecule has 2 unspecified atom stereocenters. The first kappa shape index (κ1) is 20.6. The molecule has 1 aromatic carbocycles. The molecule has 1 amide bonds. The fourth-order valence-corrected chi connectivity index (χ4v) is 5.14. The highest BCUT2D eigenvalue weighted by molar-refractivity contribution is 7.15. The summed E-state index contributed by atoms with van der Waals surface area (Å²) in [5.41, 5.74) is 8.14. The normalized spacial score (nSPS) is 22.3. The number of fused-ring (bicyclic) bond motifs is 1. The van der Waals surface area contributed by atoms with Gasteiger partial charge >= 0.3 is 0 Å². The van der Waals surface area contributed by atoms with Crippen LogP contribution in [0.1, 0.15) is 17.3 Å². The first-order chi connectivity index (χ1) is 15.1. The third-order valence-electron chi connectivity index (χ3n) is 5.95. The lowest BCUT2D eigenvalue weighted by molar-refractivity contribution is -0.137. The number of halogens is 1. The summed E-state index contributed by atoms with van der Waals surface area (Å²) in [4.78, 5) is 34.9. The predicted octanol–water partition coefficient (Wildman–Crippen LogP) is 1.52. The predicted molar refractivity (Wildman–Crippen MR) is 120 cm³/mol. The second kappa shape index (κ2) is 8.68. The average molecular weight is 459 g/mol. The van der Waals surface area contributed by atoms with Crippen LogP contribution in [0.3, 0.4) is 0 Å². The summed E-state index contributed by atoms with van der Waals surface area (Å²) in [6.45, 7) is 4.07. The van der Waals surface area contributed by atoms with Gasteiger partial charge < -0.3 is 4.90 Å². The molecule has 2 aromatic heterocycles. The maximum absolute atomic E-state index is 13.2. The van der Waals surface area contributed by atoms with Crippen molar-refractivity contribution in [2.45, 2.75) is 12.6 Å². The highest BCUT2D eigenvalue weighted by Crippen LogP contribution is 2.28. The number of carbonyl (C=O) groups excluding carboxylic acids is 1. The molecule has 31 heavy (non-hydrogen) atoms. The number of nitrogens with zero attached hydrogens (tertiary/aromatic N) is 4. The van der Waals surface area contributed by atoms with Gasteiger partial charge in [0, 0.05) is 61.9 Å². The maximum atomic E-state index is 13.2. The van der Waals surface area contributed by atoms with E-state index >= 15 is 0 Å². The van der Waals surface area contributed by atoms with Gasteiger partial charge in [-0.15, -0.1) is 11.3 Å². The van der Waals surface area contributed by atoms with E-state index in [1.807, 2.05) is 34.5 Å². The number of carbonyl (C=O) groups is 1. The quantitative estimate of drug-likeness (QED) is 0.617. The van der Waals surface area contributed by atoms with Crippen molar-refractivity contribution in [2.24, 2.45) is 5.92 Å². The second-order valence-electron chi connectivity index (χ2n) is 7.90. The van der Waals surface area contributed by atoms with Crippen molar-refractivity contribution >= 4 is 33.8 Å². The van der Waals surface area contributed by atoms with Crippen LogP contribution < -0.4 is 16.4 Å². The van der Waals surface area contributed by atoms with Gasteiger partial charge in [-0.2, -0.15) is 0 Å². The molecule has 3 aromatic rings. The largest absolute Gasteiger partial charge is 0.340 e. The number of benzene rings is 1. The van der Waals surface area contributed by atoms with Gasteiger partial charge in [0.15, 0.2) is 4.96 Å². The molecule has 0 radical (unpaired) electrons. The number of hydrogen-bond acceptors (Lipinski definition) is 7. The summed E-state index contributed by atoms with van der Waals surface area (Å²) in [5.74, 6) is 0.00384. The molecule has 0 saturated carbocycles. The summed E-state index contributed by atoms with van der Waals surface area (Å²) in [6, 6.07) is 9.16. The van der Waals surface area contributed by atoms with Crippen LogP contribution in [0.5, 0.6) is 0 Å². The average Bonchev–Trinajstić information content (AvgIpc) is 3.44. The Morgan fingerprint density at radius 3 is 2.74 bits per heavy atom. The fourth-order valence-electron chi connectivity index (χ4n) is 4.27. The standard InChI is InChI=1S/C21H23ClN6O2S/c22-15-3-1-14(2-4-15)19-17(12-23-25-19)20(30)27-7-5-26(6-8-27)13-16-11-18(29)28-9-10-31-21(28)24-16/h1-4,9-11,17,19,23,25H,5-8,12-13H2. The van der Waals surface area contributed by atoms with Gasteiger partial charge in [0.05, 0.1) is 17.7 Å². The molecule has 10 heteroatoms. The van der Waals surface area contributed by atoms with E-state index in [9.17, 15) is 9.59 Å². The summed E-state index contributed by atoms with van der Waals surface area (Å²) < 4.78 is 1.56. The number of aromatic nitrogens is 2. The molecule has 2 fully saturated rings. The fraction of sp³-hybridized carbons (Fsp3) is 0.381. The minimum absolute atomic E-state index is 0.0514. The summed E-state index contributed by atoms with van der Waals surface area (Å²) in [7, 11) is 0. The van der Waals surface area contributed by atoms with Crippen LogP contribution in [0, 0.1) is 5.92 Å². The van der Waals surface area contributed by atoms with E-state index in [-0.39, 0.29) is 23.4 Å². The lowest BCUT2D eigenvalue weighted by Gasteiger charge is -2.36. The van der Waals surface area contributed by atoms with Gasteiger partial charge in [0.2, 0.25) is 5.91 Å². The third-order valence-corrected chi connectivity index (χ3v) is 6.96. The SMILES string of the molecule is O=C(C1CNNC1c1ccc(Cl)cc1)N1CCN(Cc2cc(=O)n3ccsc3n2)CC1. The Hall–Kier alpha value is -2.30. The van der Waals surface area contributed by atoms with E-state index < -0.39 is 0 Å². The number of amides is 1. The van der Waals surface area contributed by atoms with Gasteiger partial charge in [-0.05, 0) is 17.7 Å². The zero-order valence-electron chi connectivity index (χ0n) is 16.8. The first-order valence-electron chi connectivity index (χ1n) is 10.3. The molecular weight excluding hydrogens is 436 g/mol. The summed E-state index contributed by atoms with van der Waals surface area (Å²) in [5, 5.41) is 2.55. The van der Waals surface area contributed by atoms with Crippen LogP contribution in [-0.2, 0) is 11.3 Å².